The number of nitrogens with one attached hydrogen (secondary N) is 1. The van der Waals surface area contributed by atoms with Crippen LogP contribution in [0.15, 0.2) is 33.1 Å². The van der Waals surface area contributed by atoms with Crippen LogP contribution in [0.1, 0.15) is 19.4 Å². The number of halogens is 1. The van der Waals surface area contributed by atoms with Gasteiger partial charge in [0, 0.05) is 9.72 Å². The van der Waals surface area contributed by atoms with Crippen molar-refractivity contribution in [2.75, 3.05) is 4.72 Å². The number of sulfonamides is 1. The van der Waals surface area contributed by atoms with E-state index < -0.39 is 10.0 Å². The number of rotatable bonds is 6. The molecule has 0 amide bonds. The maximum Gasteiger partial charge on any atom is 0.238 e. The molecule has 114 valence electrons. The second-order valence-electron chi connectivity index (χ2n) is 4.53. The van der Waals surface area contributed by atoms with Crippen LogP contribution in [0.4, 0.5) is 5.13 Å². The summed E-state index contributed by atoms with van der Waals surface area (Å²) in [5.74, 6) is -0.0985. The van der Waals surface area contributed by atoms with Crippen molar-refractivity contribution in [1.29, 1.82) is 0 Å². The first kappa shape index (κ1) is 16.7. The van der Waals surface area contributed by atoms with Gasteiger partial charge >= 0.3 is 0 Å². The third-order valence-electron chi connectivity index (χ3n) is 2.23. The van der Waals surface area contributed by atoms with Crippen LogP contribution >= 0.6 is 39.0 Å². The van der Waals surface area contributed by atoms with Crippen molar-refractivity contribution in [1.82, 2.24) is 10.2 Å². The minimum Gasteiger partial charge on any atom is -0.257 e. The molecule has 0 aliphatic rings. The van der Waals surface area contributed by atoms with E-state index in [0.29, 0.717) is 15.9 Å². The summed E-state index contributed by atoms with van der Waals surface area (Å²) in [6.07, 6.45) is 0. The molecule has 0 saturated heterocycles. The van der Waals surface area contributed by atoms with E-state index in [0.717, 1.165) is 8.81 Å². The Hall–Kier alpha value is -0.640. The van der Waals surface area contributed by atoms with Crippen LogP contribution in [0.3, 0.4) is 0 Å². The van der Waals surface area contributed by atoms with Gasteiger partial charge in [-0.25, -0.2) is 8.42 Å². The Balaban J connectivity index is 2.05. The first-order chi connectivity index (χ1) is 9.84. The lowest BCUT2D eigenvalue weighted by Crippen LogP contribution is -2.14. The van der Waals surface area contributed by atoms with Gasteiger partial charge in [0.05, 0.1) is 5.75 Å². The molecule has 0 bridgehead atoms. The summed E-state index contributed by atoms with van der Waals surface area (Å²) >= 11 is 6.12. The molecule has 0 radical (unpaired) electrons. The van der Waals surface area contributed by atoms with E-state index in [4.69, 9.17) is 0 Å². The largest absolute Gasteiger partial charge is 0.257 e. The van der Waals surface area contributed by atoms with Gasteiger partial charge in [0.1, 0.15) is 0 Å². The number of thioether (sulfide) groups is 1. The third-order valence-corrected chi connectivity index (χ3v) is 6.00. The monoisotopic (exact) mass is 407 g/mol. The molecular formula is C12H14BrN3O2S3. The standard InChI is InChI=1S/C12H14BrN3O2S3/c1-8(2)19-12-15-14-11(20-12)16-21(17,18)7-9-4-3-5-10(13)6-9/h3-6,8H,7H2,1-2H3,(H,14,16). The Morgan fingerprint density at radius 2 is 2.14 bits per heavy atom. The Kier molecular flexibility index (Phi) is 5.64. The van der Waals surface area contributed by atoms with E-state index in [2.05, 4.69) is 30.8 Å². The van der Waals surface area contributed by atoms with Crippen LogP contribution in [0, 0.1) is 0 Å². The Morgan fingerprint density at radius 1 is 1.38 bits per heavy atom. The Morgan fingerprint density at radius 3 is 2.81 bits per heavy atom. The maximum absolute atomic E-state index is 12.1. The van der Waals surface area contributed by atoms with Crippen LogP contribution in [0.5, 0.6) is 0 Å². The molecule has 1 N–H and O–H groups in total. The average Bonchev–Trinajstić information content (AvgIpc) is 2.73. The van der Waals surface area contributed by atoms with Crippen LogP contribution in [-0.2, 0) is 15.8 Å². The van der Waals surface area contributed by atoms with E-state index >= 15 is 0 Å². The van der Waals surface area contributed by atoms with Crippen LogP contribution in [0.2, 0.25) is 0 Å². The van der Waals surface area contributed by atoms with Crippen LogP contribution < -0.4 is 4.72 Å². The van der Waals surface area contributed by atoms with Gasteiger partial charge in [-0.05, 0) is 17.7 Å². The fourth-order valence-corrected chi connectivity index (χ4v) is 5.33. The number of nitrogens with zero attached hydrogens (tertiary/aromatic N) is 2. The summed E-state index contributed by atoms with van der Waals surface area (Å²) in [4.78, 5) is 0. The zero-order valence-corrected chi connectivity index (χ0v) is 15.4. The van der Waals surface area contributed by atoms with E-state index in [9.17, 15) is 8.42 Å². The van der Waals surface area contributed by atoms with Crippen LogP contribution in [-0.4, -0.2) is 23.9 Å². The number of benzene rings is 1. The lowest BCUT2D eigenvalue weighted by molar-refractivity contribution is 0.600. The molecule has 21 heavy (non-hydrogen) atoms. The van der Waals surface area contributed by atoms with Gasteiger partial charge in [-0.2, -0.15) is 0 Å². The first-order valence-corrected chi connectivity index (χ1v) is 10.2. The van der Waals surface area contributed by atoms with Crippen LogP contribution in [0.25, 0.3) is 0 Å². The van der Waals surface area contributed by atoms with Crippen molar-refractivity contribution < 1.29 is 8.42 Å². The van der Waals surface area contributed by atoms with Gasteiger partial charge in [0.25, 0.3) is 0 Å². The molecule has 2 aromatic rings. The number of aromatic nitrogens is 2. The first-order valence-electron chi connectivity index (χ1n) is 6.09. The number of hydrogen-bond donors (Lipinski definition) is 1. The third kappa shape index (κ3) is 5.57. The Bertz CT molecular complexity index is 716. The molecule has 0 saturated carbocycles. The zero-order valence-electron chi connectivity index (χ0n) is 11.4. The summed E-state index contributed by atoms with van der Waals surface area (Å²) in [6.45, 7) is 4.09. The molecule has 0 atom stereocenters. The van der Waals surface area contributed by atoms with Gasteiger partial charge in [0.2, 0.25) is 15.2 Å². The summed E-state index contributed by atoms with van der Waals surface area (Å²) < 4.78 is 28.3. The van der Waals surface area contributed by atoms with Crippen molar-refractivity contribution >= 4 is 54.2 Å². The summed E-state index contributed by atoms with van der Waals surface area (Å²) in [5, 5.41) is 8.50. The lowest BCUT2D eigenvalue weighted by Gasteiger charge is -2.05. The summed E-state index contributed by atoms with van der Waals surface area (Å²) in [5.41, 5.74) is 0.707. The molecule has 2 rings (SSSR count). The van der Waals surface area contributed by atoms with Crippen molar-refractivity contribution in [2.24, 2.45) is 0 Å². The molecule has 1 aromatic heterocycles. The molecule has 1 aromatic carbocycles. The Labute approximate surface area is 140 Å². The minimum atomic E-state index is -3.49. The predicted octanol–water partition coefficient (Wildman–Crippen LogP) is 3.74. The number of anilines is 1. The highest BCUT2D eigenvalue weighted by atomic mass is 79.9. The van der Waals surface area contributed by atoms with Gasteiger partial charge in [-0.15, -0.1) is 10.2 Å². The predicted molar refractivity (Wildman–Crippen MR) is 91.3 cm³/mol. The molecular weight excluding hydrogens is 394 g/mol. The van der Waals surface area contributed by atoms with E-state index in [1.54, 1.807) is 30.0 Å². The zero-order chi connectivity index (χ0) is 15.5. The fourth-order valence-electron chi connectivity index (χ4n) is 1.52. The fraction of sp³-hybridized carbons (Fsp3) is 0.333. The maximum atomic E-state index is 12.1. The smallest absolute Gasteiger partial charge is 0.238 e. The highest BCUT2D eigenvalue weighted by molar-refractivity contribution is 9.10. The van der Waals surface area contributed by atoms with Gasteiger partial charge in [-0.1, -0.05) is 65.0 Å². The molecule has 0 spiro atoms. The minimum absolute atomic E-state index is 0.0985. The highest BCUT2D eigenvalue weighted by Crippen LogP contribution is 2.29. The molecule has 5 nitrogen and oxygen atoms in total. The topological polar surface area (TPSA) is 72.0 Å². The second-order valence-corrected chi connectivity index (χ2v) is 9.97. The van der Waals surface area contributed by atoms with Gasteiger partial charge in [0.15, 0.2) is 4.34 Å². The van der Waals surface area contributed by atoms with Gasteiger partial charge < -0.3 is 0 Å². The van der Waals surface area contributed by atoms with Crippen molar-refractivity contribution in [3.63, 3.8) is 0 Å². The normalized spacial score (nSPS) is 11.8. The molecule has 0 fully saturated rings. The van der Waals surface area contributed by atoms with E-state index in [1.807, 2.05) is 19.9 Å². The number of hydrogen-bond acceptors (Lipinski definition) is 6. The van der Waals surface area contributed by atoms with Crippen molar-refractivity contribution in [3.8, 4) is 0 Å². The molecule has 0 aliphatic heterocycles. The second kappa shape index (κ2) is 7.08. The van der Waals surface area contributed by atoms with E-state index in [-0.39, 0.29) is 5.75 Å². The SMILES string of the molecule is CC(C)Sc1nnc(NS(=O)(=O)Cc2cccc(Br)c2)s1. The van der Waals surface area contributed by atoms with Crippen molar-refractivity contribution in [3.05, 3.63) is 34.3 Å². The average molecular weight is 408 g/mol. The summed E-state index contributed by atoms with van der Waals surface area (Å²) in [7, 11) is -3.49. The molecule has 1 heterocycles. The summed E-state index contributed by atoms with van der Waals surface area (Å²) in [6, 6.07) is 7.20. The lowest BCUT2D eigenvalue weighted by atomic mass is 10.2. The molecule has 9 heteroatoms. The van der Waals surface area contributed by atoms with E-state index in [1.165, 1.54) is 11.3 Å². The molecule has 0 aliphatic carbocycles. The highest BCUT2D eigenvalue weighted by Gasteiger charge is 2.15. The van der Waals surface area contributed by atoms with Gasteiger partial charge in [-0.3, -0.25) is 4.72 Å². The van der Waals surface area contributed by atoms with Crippen molar-refractivity contribution in [2.45, 2.75) is 29.2 Å². The quantitative estimate of drug-likeness (QED) is 0.738. The molecule has 0 unspecified atom stereocenters.